The Bertz CT molecular complexity index is 736. The van der Waals surface area contributed by atoms with Crippen molar-refractivity contribution in [1.29, 1.82) is 0 Å². The Balaban J connectivity index is 1.97. The van der Waals surface area contributed by atoms with E-state index in [1.807, 2.05) is 38.1 Å². The minimum absolute atomic E-state index is 0.205. The molecule has 2 aromatic rings. The van der Waals surface area contributed by atoms with Crippen LogP contribution in [0, 0.1) is 5.41 Å². The first-order valence-corrected chi connectivity index (χ1v) is 9.62. The van der Waals surface area contributed by atoms with E-state index in [1.165, 1.54) is 6.33 Å². The molecule has 0 bridgehead atoms. The fourth-order valence-corrected chi connectivity index (χ4v) is 3.33. The van der Waals surface area contributed by atoms with E-state index in [4.69, 9.17) is 9.47 Å². The van der Waals surface area contributed by atoms with Gasteiger partial charge in [-0.15, -0.1) is 0 Å². The molecule has 0 radical (unpaired) electrons. The third-order valence-electron chi connectivity index (χ3n) is 4.86. The highest BCUT2D eigenvalue weighted by Crippen LogP contribution is 2.38. The Morgan fingerprint density at radius 3 is 2.50 bits per heavy atom. The highest BCUT2D eigenvalue weighted by Gasteiger charge is 2.41. The summed E-state index contributed by atoms with van der Waals surface area (Å²) in [4.78, 5) is 4.04. The highest BCUT2D eigenvalue weighted by atomic mass is 79.9. The van der Waals surface area contributed by atoms with Crippen molar-refractivity contribution < 1.29 is 14.6 Å². The lowest BCUT2D eigenvalue weighted by Gasteiger charge is -2.39. The van der Waals surface area contributed by atoms with Crippen molar-refractivity contribution >= 4 is 21.6 Å². The van der Waals surface area contributed by atoms with Crippen LogP contribution in [0.25, 0.3) is 5.70 Å². The third-order valence-corrected chi connectivity index (χ3v) is 5.39. The zero-order valence-corrected chi connectivity index (χ0v) is 16.6. The van der Waals surface area contributed by atoms with Crippen molar-refractivity contribution in [1.82, 2.24) is 14.8 Å². The van der Waals surface area contributed by atoms with Crippen LogP contribution in [0.1, 0.15) is 32.3 Å². The summed E-state index contributed by atoms with van der Waals surface area (Å²) in [6.45, 7) is 4.90. The van der Waals surface area contributed by atoms with Gasteiger partial charge in [0.25, 0.3) is 0 Å². The maximum absolute atomic E-state index is 11.3. The zero-order chi connectivity index (χ0) is 18.6. The van der Waals surface area contributed by atoms with Crippen LogP contribution in [-0.4, -0.2) is 39.4 Å². The summed E-state index contributed by atoms with van der Waals surface area (Å²) in [5.74, 6) is 0.253. The van der Waals surface area contributed by atoms with E-state index in [2.05, 4.69) is 26.0 Å². The lowest BCUT2D eigenvalue weighted by molar-refractivity contribution is -0.227. The summed E-state index contributed by atoms with van der Waals surface area (Å²) in [6, 6.07) is 8.01. The first kappa shape index (κ1) is 19.1. The molecular weight excluding hydrogens is 398 g/mol. The Morgan fingerprint density at radius 1 is 1.27 bits per heavy atom. The predicted molar refractivity (Wildman–Crippen MR) is 102 cm³/mol. The van der Waals surface area contributed by atoms with Gasteiger partial charge in [0.1, 0.15) is 18.4 Å². The van der Waals surface area contributed by atoms with Crippen molar-refractivity contribution in [3.05, 3.63) is 52.7 Å². The van der Waals surface area contributed by atoms with Gasteiger partial charge in [-0.05, 0) is 30.5 Å². The minimum Gasteiger partial charge on any atom is -0.510 e. The van der Waals surface area contributed by atoms with Crippen molar-refractivity contribution in [2.45, 2.75) is 39.4 Å². The molecule has 140 valence electrons. The fourth-order valence-electron chi connectivity index (χ4n) is 3.06. The third kappa shape index (κ3) is 4.00. The van der Waals surface area contributed by atoms with Gasteiger partial charge in [-0.2, -0.15) is 5.10 Å². The van der Waals surface area contributed by atoms with Crippen LogP contribution >= 0.6 is 15.9 Å². The fraction of sp³-hybridized carbons (Fsp3) is 0.474. The molecule has 1 aliphatic heterocycles. The maximum atomic E-state index is 11.3. The Hall–Kier alpha value is -1.70. The molecule has 1 fully saturated rings. The molecule has 0 saturated carbocycles. The Kier molecular flexibility index (Phi) is 6.11. The molecular formula is C19H24BrN3O3. The monoisotopic (exact) mass is 421 g/mol. The maximum Gasteiger partial charge on any atom is 0.157 e. The van der Waals surface area contributed by atoms with Crippen LogP contribution in [-0.2, 0) is 15.9 Å². The van der Waals surface area contributed by atoms with Gasteiger partial charge in [0.05, 0.1) is 24.3 Å². The van der Waals surface area contributed by atoms with Crippen LogP contribution in [0.15, 0.2) is 47.2 Å². The summed E-state index contributed by atoms with van der Waals surface area (Å²) < 4.78 is 14.3. The average Bonchev–Trinajstić information content (AvgIpc) is 3.21. The molecule has 7 heteroatoms. The first-order chi connectivity index (χ1) is 12.6. The van der Waals surface area contributed by atoms with Gasteiger partial charge < -0.3 is 14.6 Å². The molecule has 0 spiro atoms. The predicted octanol–water partition coefficient (Wildman–Crippen LogP) is 4.19. The minimum atomic E-state index is -0.581. The summed E-state index contributed by atoms with van der Waals surface area (Å²) >= 11 is 3.45. The number of aliphatic hydroxyl groups is 1. The number of hydrogen-bond acceptors (Lipinski definition) is 5. The number of nitrogens with zero attached hydrogens (tertiary/aromatic N) is 3. The molecule has 1 aromatic heterocycles. The summed E-state index contributed by atoms with van der Waals surface area (Å²) in [5, 5.41) is 15.5. The molecule has 3 rings (SSSR count). The number of halogens is 1. The lowest BCUT2D eigenvalue weighted by atomic mass is 9.82. The highest BCUT2D eigenvalue weighted by molar-refractivity contribution is 9.10. The van der Waals surface area contributed by atoms with Crippen molar-refractivity contribution in [3.63, 3.8) is 0 Å². The second kappa shape index (κ2) is 8.33. The lowest BCUT2D eigenvalue weighted by Crippen LogP contribution is -2.43. The average molecular weight is 422 g/mol. The number of aliphatic hydroxyl groups excluding tert-OH is 1. The molecule has 1 N–H and O–H groups in total. The van der Waals surface area contributed by atoms with Crippen LogP contribution in [0.3, 0.4) is 0 Å². The Morgan fingerprint density at radius 2 is 1.96 bits per heavy atom. The second-order valence-electron chi connectivity index (χ2n) is 6.53. The first-order valence-electron chi connectivity index (χ1n) is 8.83. The van der Waals surface area contributed by atoms with Crippen molar-refractivity contribution in [3.8, 4) is 0 Å². The standard InChI is InChI=1S/C19H24BrN3O3/c1-3-17-25-10-19(4-2,11-26-17)18(24)16(23-13-21-12-22-23)9-14-5-7-15(20)8-6-14/h5-8,12-13,17,24H,3-4,9-11H2,1-2H3/b18-16+. The van der Waals surface area contributed by atoms with E-state index in [0.717, 1.165) is 16.5 Å². The smallest absolute Gasteiger partial charge is 0.157 e. The van der Waals surface area contributed by atoms with Gasteiger partial charge in [-0.3, -0.25) is 0 Å². The molecule has 1 aromatic carbocycles. The van der Waals surface area contributed by atoms with Crippen molar-refractivity contribution in [2.24, 2.45) is 5.41 Å². The molecule has 2 heterocycles. The van der Waals surface area contributed by atoms with Gasteiger partial charge in [0.15, 0.2) is 6.29 Å². The molecule has 0 amide bonds. The number of rotatable bonds is 6. The molecule has 6 nitrogen and oxygen atoms in total. The normalized spacial score (nSPS) is 24.3. The van der Waals surface area contributed by atoms with Gasteiger partial charge in [-0.1, -0.05) is 41.9 Å². The SMILES string of the molecule is CCC1OCC(CC)(/C(O)=C(/Cc2ccc(Br)cc2)n2cncn2)CO1. The van der Waals surface area contributed by atoms with E-state index in [1.54, 1.807) is 11.0 Å². The number of hydrogen-bond donors (Lipinski definition) is 1. The van der Waals surface area contributed by atoms with Crippen molar-refractivity contribution in [2.75, 3.05) is 13.2 Å². The molecule has 0 unspecified atom stereocenters. The van der Waals surface area contributed by atoms with E-state index >= 15 is 0 Å². The van der Waals surface area contributed by atoms with Gasteiger partial charge in [0.2, 0.25) is 0 Å². The van der Waals surface area contributed by atoms with Gasteiger partial charge in [0, 0.05) is 10.9 Å². The zero-order valence-electron chi connectivity index (χ0n) is 15.1. The topological polar surface area (TPSA) is 69.4 Å². The number of benzene rings is 1. The summed E-state index contributed by atoms with van der Waals surface area (Å²) in [6.07, 6.45) is 4.89. The summed E-state index contributed by atoms with van der Waals surface area (Å²) in [5.41, 5.74) is 1.18. The van der Waals surface area contributed by atoms with E-state index in [-0.39, 0.29) is 12.0 Å². The number of aromatic nitrogens is 3. The summed E-state index contributed by atoms with van der Waals surface area (Å²) in [7, 11) is 0. The van der Waals surface area contributed by atoms with E-state index in [0.29, 0.717) is 31.8 Å². The van der Waals surface area contributed by atoms with Gasteiger partial charge >= 0.3 is 0 Å². The Labute approximate surface area is 162 Å². The quantitative estimate of drug-likeness (QED) is 0.707. The molecule has 1 saturated heterocycles. The molecule has 0 atom stereocenters. The van der Waals surface area contributed by atoms with Crippen LogP contribution < -0.4 is 0 Å². The van der Waals surface area contributed by atoms with Crippen LogP contribution in [0.4, 0.5) is 0 Å². The second-order valence-corrected chi connectivity index (χ2v) is 7.45. The molecule has 0 aliphatic carbocycles. The van der Waals surface area contributed by atoms with E-state index in [9.17, 15) is 5.11 Å². The van der Waals surface area contributed by atoms with E-state index < -0.39 is 5.41 Å². The van der Waals surface area contributed by atoms with Crippen LogP contribution in [0.5, 0.6) is 0 Å². The largest absolute Gasteiger partial charge is 0.510 e. The van der Waals surface area contributed by atoms with Crippen LogP contribution in [0.2, 0.25) is 0 Å². The number of allylic oxidation sites excluding steroid dienone is 1. The van der Waals surface area contributed by atoms with Gasteiger partial charge in [-0.25, -0.2) is 9.67 Å². The molecule has 1 aliphatic rings. The number of ether oxygens (including phenoxy) is 2. The molecule has 26 heavy (non-hydrogen) atoms.